The highest BCUT2D eigenvalue weighted by atomic mass is 32.1. The number of fused-ring (bicyclic) bond motifs is 1. The fourth-order valence-corrected chi connectivity index (χ4v) is 3.77. The molecule has 1 aromatic carbocycles. The lowest BCUT2D eigenvalue weighted by Gasteiger charge is -2.03. The van der Waals surface area contributed by atoms with Gasteiger partial charge in [-0.1, -0.05) is 0 Å². The predicted octanol–water partition coefficient (Wildman–Crippen LogP) is 4.10. The van der Waals surface area contributed by atoms with Gasteiger partial charge in [-0.15, -0.1) is 11.3 Å². The molecule has 0 bridgehead atoms. The minimum absolute atomic E-state index is 0.0288. The standard InChI is InChI=1S/C20H19N3O2S/c1-13-10-16-11-15(3-4-18(16)25-13)17-12-26-20(22-17)23-19(24)5-2-14-6-8-21-9-7-14/h3-4,6-9,11-13H,2,5,10H2,1H3,(H,22,23,24)/t13-/m1/s1. The molecule has 0 fully saturated rings. The van der Waals surface area contributed by atoms with Crippen LogP contribution in [0, 0.1) is 0 Å². The summed E-state index contributed by atoms with van der Waals surface area (Å²) in [6.45, 7) is 2.07. The first-order valence-corrected chi connectivity index (χ1v) is 9.49. The van der Waals surface area contributed by atoms with Crippen LogP contribution in [0.2, 0.25) is 0 Å². The Morgan fingerprint density at radius 1 is 1.31 bits per heavy atom. The quantitative estimate of drug-likeness (QED) is 0.739. The summed E-state index contributed by atoms with van der Waals surface area (Å²) in [7, 11) is 0. The van der Waals surface area contributed by atoms with Crippen molar-refractivity contribution in [2.75, 3.05) is 5.32 Å². The highest BCUT2D eigenvalue weighted by Crippen LogP contribution is 2.33. The van der Waals surface area contributed by atoms with Crippen LogP contribution in [0.3, 0.4) is 0 Å². The topological polar surface area (TPSA) is 64.1 Å². The van der Waals surface area contributed by atoms with Crippen molar-refractivity contribution in [3.63, 3.8) is 0 Å². The highest BCUT2D eigenvalue weighted by Gasteiger charge is 2.19. The Labute approximate surface area is 156 Å². The van der Waals surface area contributed by atoms with E-state index in [0.29, 0.717) is 18.0 Å². The van der Waals surface area contributed by atoms with Crippen molar-refractivity contribution in [1.82, 2.24) is 9.97 Å². The van der Waals surface area contributed by atoms with Crippen LogP contribution in [-0.4, -0.2) is 22.0 Å². The van der Waals surface area contributed by atoms with Crippen LogP contribution >= 0.6 is 11.3 Å². The van der Waals surface area contributed by atoms with E-state index >= 15 is 0 Å². The van der Waals surface area contributed by atoms with E-state index in [9.17, 15) is 4.79 Å². The van der Waals surface area contributed by atoms with E-state index in [4.69, 9.17) is 4.74 Å². The van der Waals surface area contributed by atoms with Crippen LogP contribution in [0.25, 0.3) is 11.3 Å². The van der Waals surface area contributed by atoms with E-state index in [1.807, 2.05) is 29.6 Å². The molecule has 0 unspecified atom stereocenters. The van der Waals surface area contributed by atoms with Gasteiger partial charge in [0, 0.05) is 36.2 Å². The van der Waals surface area contributed by atoms with Gasteiger partial charge in [0.15, 0.2) is 5.13 Å². The van der Waals surface area contributed by atoms with Gasteiger partial charge in [0.05, 0.1) is 5.69 Å². The number of hydrogen-bond donors (Lipinski definition) is 1. The first-order chi connectivity index (χ1) is 12.7. The number of hydrogen-bond acceptors (Lipinski definition) is 5. The van der Waals surface area contributed by atoms with Crippen molar-refractivity contribution in [2.45, 2.75) is 32.3 Å². The Morgan fingerprint density at radius 3 is 3.00 bits per heavy atom. The van der Waals surface area contributed by atoms with Crippen molar-refractivity contribution < 1.29 is 9.53 Å². The highest BCUT2D eigenvalue weighted by molar-refractivity contribution is 7.14. The molecule has 4 rings (SSSR count). The molecule has 3 heterocycles. The number of rotatable bonds is 5. The zero-order valence-electron chi connectivity index (χ0n) is 14.4. The van der Waals surface area contributed by atoms with Crippen molar-refractivity contribution in [3.05, 3.63) is 59.2 Å². The summed E-state index contributed by atoms with van der Waals surface area (Å²) in [4.78, 5) is 20.7. The van der Waals surface area contributed by atoms with Crippen LogP contribution in [0.5, 0.6) is 5.75 Å². The van der Waals surface area contributed by atoms with Crippen LogP contribution in [-0.2, 0) is 17.6 Å². The number of thiazole rings is 1. The lowest BCUT2D eigenvalue weighted by Crippen LogP contribution is -2.12. The molecule has 1 amide bonds. The van der Waals surface area contributed by atoms with Crippen molar-refractivity contribution in [3.8, 4) is 17.0 Å². The van der Waals surface area contributed by atoms with E-state index in [1.54, 1.807) is 12.4 Å². The zero-order valence-corrected chi connectivity index (χ0v) is 15.3. The molecule has 0 spiro atoms. The molecule has 1 aliphatic rings. The maximum Gasteiger partial charge on any atom is 0.226 e. The average molecular weight is 365 g/mol. The second kappa shape index (κ2) is 7.25. The molecule has 26 heavy (non-hydrogen) atoms. The Bertz CT molecular complexity index is 924. The number of nitrogens with one attached hydrogen (secondary N) is 1. The summed E-state index contributed by atoms with van der Waals surface area (Å²) < 4.78 is 5.74. The Morgan fingerprint density at radius 2 is 2.15 bits per heavy atom. The number of anilines is 1. The van der Waals surface area contributed by atoms with Gasteiger partial charge in [-0.05, 0) is 54.8 Å². The molecule has 132 valence electrons. The Kier molecular flexibility index (Phi) is 4.67. The molecule has 1 aliphatic heterocycles. The van der Waals surface area contributed by atoms with E-state index in [2.05, 4.69) is 28.3 Å². The van der Waals surface area contributed by atoms with Crippen LogP contribution in [0.15, 0.2) is 48.1 Å². The number of carbonyl (C=O) groups excluding carboxylic acids is 1. The van der Waals surface area contributed by atoms with Gasteiger partial charge in [-0.25, -0.2) is 4.98 Å². The Balaban J connectivity index is 1.39. The van der Waals surface area contributed by atoms with Crippen LogP contribution < -0.4 is 10.1 Å². The second-order valence-corrected chi connectivity index (χ2v) is 7.25. The minimum atomic E-state index is -0.0288. The fraction of sp³-hybridized carbons (Fsp3) is 0.250. The number of benzene rings is 1. The number of carbonyl (C=O) groups is 1. The predicted molar refractivity (Wildman–Crippen MR) is 103 cm³/mol. The maximum absolute atomic E-state index is 12.1. The van der Waals surface area contributed by atoms with E-state index in [1.165, 1.54) is 16.9 Å². The first kappa shape index (κ1) is 16.7. The lowest BCUT2D eigenvalue weighted by molar-refractivity contribution is -0.116. The molecule has 3 aromatic rings. The Hall–Kier alpha value is -2.73. The smallest absolute Gasteiger partial charge is 0.226 e. The number of nitrogens with zero attached hydrogens (tertiary/aromatic N) is 2. The molecule has 0 radical (unpaired) electrons. The largest absolute Gasteiger partial charge is 0.490 e. The summed E-state index contributed by atoms with van der Waals surface area (Å²) in [5.74, 6) is 0.931. The van der Waals surface area contributed by atoms with Gasteiger partial charge in [0.25, 0.3) is 0 Å². The summed E-state index contributed by atoms with van der Waals surface area (Å²) in [5.41, 5.74) is 4.24. The number of aryl methyl sites for hydroxylation is 1. The molecular formula is C20H19N3O2S. The van der Waals surface area contributed by atoms with Crippen molar-refractivity contribution >= 4 is 22.4 Å². The molecule has 5 nitrogen and oxygen atoms in total. The van der Waals surface area contributed by atoms with Crippen LogP contribution in [0.4, 0.5) is 5.13 Å². The number of amides is 1. The lowest BCUT2D eigenvalue weighted by atomic mass is 10.1. The SMILES string of the molecule is C[C@@H]1Cc2cc(-c3csc(NC(=O)CCc4ccncc4)n3)ccc2O1. The second-order valence-electron chi connectivity index (χ2n) is 6.40. The molecular weight excluding hydrogens is 346 g/mol. The van der Waals surface area contributed by atoms with Gasteiger partial charge < -0.3 is 10.1 Å². The van der Waals surface area contributed by atoms with E-state index < -0.39 is 0 Å². The average Bonchev–Trinajstić information content (AvgIpc) is 3.25. The molecule has 0 saturated heterocycles. The number of pyridine rings is 1. The summed E-state index contributed by atoms with van der Waals surface area (Å²) >= 11 is 1.44. The van der Waals surface area contributed by atoms with Crippen LogP contribution in [0.1, 0.15) is 24.5 Å². The van der Waals surface area contributed by atoms with Gasteiger partial charge in [-0.3, -0.25) is 9.78 Å². The van der Waals surface area contributed by atoms with Gasteiger partial charge in [0.1, 0.15) is 11.9 Å². The molecule has 1 atom stereocenters. The van der Waals surface area contributed by atoms with Gasteiger partial charge >= 0.3 is 0 Å². The summed E-state index contributed by atoms with van der Waals surface area (Å²) in [6.07, 6.45) is 5.74. The summed E-state index contributed by atoms with van der Waals surface area (Å²) in [6, 6.07) is 9.99. The monoisotopic (exact) mass is 365 g/mol. The third kappa shape index (κ3) is 3.75. The number of aromatic nitrogens is 2. The molecule has 0 aliphatic carbocycles. The van der Waals surface area contributed by atoms with Gasteiger partial charge in [-0.2, -0.15) is 0 Å². The maximum atomic E-state index is 12.1. The minimum Gasteiger partial charge on any atom is -0.490 e. The normalized spacial score (nSPS) is 15.3. The third-order valence-electron chi connectivity index (χ3n) is 4.33. The van der Waals surface area contributed by atoms with Crippen molar-refractivity contribution in [1.29, 1.82) is 0 Å². The summed E-state index contributed by atoms with van der Waals surface area (Å²) in [5, 5.41) is 5.49. The van der Waals surface area contributed by atoms with E-state index in [-0.39, 0.29) is 12.0 Å². The fourth-order valence-electron chi connectivity index (χ4n) is 3.03. The molecule has 2 aromatic heterocycles. The first-order valence-electron chi connectivity index (χ1n) is 8.61. The third-order valence-corrected chi connectivity index (χ3v) is 5.09. The number of ether oxygens (including phenoxy) is 1. The molecule has 1 N–H and O–H groups in total. The van der Waals surface area contributed by atoms with E-state index in [0.717, 1.165) is 29.0 Å². The van der Waals surface area contributed by atoms with Gasteiger partial charge in [0.2, 0.25) is 5.91 Å². The molecule has 0 saturated carbocycles. The van der Waals surface area contributed by atoms with Crippen molar-refractivity contribution in [2.24, 2.45) is 0 Å². The zero-order chi connectivity index (χ0) is 17.9. The molecule has 6 heteroatoms.